The van der Waals surface area contributed by atoms with Crippen molar-refractivity contribution in [2.45, 2.75) is 103 Å². The molecule has 0 radical (unpaired) electrons. The number of fused-ring (bicyclic) bond motifs is 5. The fourth-order valence-corrected chi connectivity index (χ4v) is 11.3. The normalized spacial score (nSPS) is 48.5. The third kappa shape index (κ3) is 4.23. The molecule has 0 aromatic rings. The quantitative estimate of drug-likeness (QED) is 0.325. The number of morpholine rings is 1. The first kappa shape index (κ1) is 27.2. The van der Waals surface area contributed by atoms with Gasteiger partial charge in [0, 0.05) is 50.7 Å². The Morgan fingerprint density at radius 1 is 1.11 bits per heavy atom. The molecule has 38 heavy (non-hydrogen) atoms. The predicted octanol–water partition coefficient (Wildman–Crippen LogP) is 4.41. The molecule has 6 fully saturated rings. The van der Waals surface area contributed by atoms with Crippen molar-refractivity contribution in [2.75, 3.05) is 45.9 Å². The Bertz CT molecular complexity index is 898. The molecule has 0 bridgehead atoms. The molecule has 10 atom stereocenters. The van der Waals surface area contributed by atoms with Gasteiger partial charge in [-0.25, -0.2) is 0 Å². The highest BCUT2D eigenvalue weighted by Crippen LogP contribution is 2.67. The number of carbonyl (C=O) groups excluding carboxylic acids is 1. The molecule has 6 heteroatoms. The third-order valence-corrected chi connectivity index (χ3v) is 13.1. The van der Waals surface area contributed by atoms with Gasteiger partial charge in [-0.15, -0.1) is 0 Å². The van der Waals surface area contributed by atoms with Crippen molar-refractivity contribution in [1.29, 1.82) is 0 Å². The van der Waals surface area contributed by atoms with Crippen molar-refractivity contribution in [3.63, 3.8) is 0 Å². The van der Waals surface area contributed by atoms with Gasteiger partial charge < -0.3 is 19.1 Å². The summed E-state index contributed by atoms with van der Waals surface area (Å²) < 4.78 is 13.1. The van der Waals surface area contributed by atoms with Crippen molar-refractivity contribution < 1.29 is 23.9 Å². The zero-order valence-corrected chi connectivity index (χ0v) is 24.3. The Kier molecular flexibility index (Phi) is 7.27. The van der Waals surface area contributed by atoms with E-state index >= 15 is 0 Å². The maximum absolute atomic E-state index is 12.5. The second kappa shape index (κ2) is 10.2. The Morgan fingerprint density at radius 2 is 1.84 bits per heavy atom. The Balaban J connectivity index is 1.30. The summed E-state index contributed by atoms with van der Waals surface area (Å²) in [5.74, 6) is 2.54. The number of nitrogens with zero attached hydrogens (tertiary/aromatic N) is 2. The summed E-state index contributed by atoms with van der Waals surface area (Å²) in [6.07, 6.45) is 12.7. The molecule has 2 heterocycles. The summed E-state index contributed by atoms with van der Waals surface area (Å²) in [4.78, 5) is 15.0. The molecule has 10 unspecified atom stereocenters. The number of hydrogen-bond donors (Lipinski definition) is 1. The van der Waals surface area contributed by atoms with Crippen molar-refractivity contribution in [1.82, 2.24) is 4.90 Å². The summed E-state index contributed by atoms with van der Waals surface area (Å²) in [5.41, 5.74) is 0.343. The molecule has 2 aliphatic heterocycles. The highest BCUT2D eigenvalue weighted by Gasteiger charge is 2.67. The molecule has 0 aromatic heterocycles. The van der Waals surface area contributed by atoms with E-state index in [1.54, 1.807) is 6.92 Å². The van der Waals surface area contributed by atoms with Crippen molar-refractivity contribution in [2.24, 2.45) is 34.5 Å². The van der Waals surface area contributed by atoms with E-state index in [1.807, 2.05) is 0 Å². The number of esters is 1. The molecule has 4 saturated carbocycles. The smallest absolute Gasteiger partial charge is 0.303 e. The largest absolute Gasteiger partial charge is 0.456 e. The summed E-state index contributed by atoms with van der Waals surface area (Å²) >= 11 is 0. The molecule has 0 aromatic carbocycles. The van der Waals surface area contributed by atoms with Gasteiger partial charge in [0.05, 0.1) is 39.0 Å². The zero-order chi connectivity index (χ0) is 26.7. The van der Waals surface area contributed by atoms with Gasteiger partial charge in [-0.2, -0.15) is 0 Å². The number of ether oxygens (including phenoxy) is 2. The Morgan fingerprint density at radius 3 is 2.53 bits per heavy atom. The lowest BCUT2D eigenvalue weighted by molar-refractivity contribution is -0.937. The van der Waals surface area contributed by atoms with Crippen LogP contribution in [0.3, 0.4) is 0 Å². The number of carbonyl (C=O) groups is 1. The second-order valence-electron chi connectivity index (χ2n) is 14.6. The van der Waals surface area contributed by atoms with Crippen LogP contribution in [0, 0.1) is 34.5 Å². The Hall–Kier alpha value is -0.950. The van der Waals surface area contributed by atoms with Crippen LogP contribution in [0.5, 0.6) is 0 Å². The van der Waals surface area contributed by atoms with Crippen LogP contribution >= 0.6 is 0 Å². The minimum atomic E-state index is -0.209. The van der Waals surface area contributed by atoms with Crippen molar-refractivity contribution in [3.8, 4) is 0 Å². The fourth-order valence-electron chi connectivity index (χ4n) is 11.3. The maximum atomic E-state index is 12.5. The van der Waals surface area contributed by atoms with Crippen LogP contribution in [0.25, 0.3) is 0 Å². The molecule has 1 N–H and O–H groups in total. The highest BCUT2D eigenvalue weighted by molar-refractivity contribution is 5.66. The topological polar surface area (TPSA) is 59.0 Å². The maximum Gasteiger partial charge on any atom is 0.303 e. The van der Waals surface area contributed by atoms with Gasteiger partial charge >= 0.3 is 5.97 Å². The van der Waals surface area contributed by atoms with E-state index in [4.69, 9.17) is 9.47 Å². The number of rotatable bonds is 5. The molecule has 2 saturated heterocycles. The number of hydrogen-bond acceptors (Lipinski definition) is 5. The first-order valence-electron chi connectivity index (χ1n) is 15.9. The minimum absolute atomic E-state index is 0.0174. The van der Waals surface area contributed by atoms with E-state index in [0.717, 1.165) is 56.6 Å². The number of aliphatic hydroxyl groups excluding tert-OH is 1. The molecule has 6 aliphatic rings. The van der Waals surface area contributed by atoms with Crippen LogP contribution in [-0.4, -0.2) is 90.7 Å². The molecule has 214 valence electrons. The standard InChI is InChI=1S/C32H53N2O4/c1-5-14-34(15-6-7-16-34)28-20-26-24-9-8-23-19-29(36)27(33-12-17-37-18-13-33)21-32(23,4)25(24)10-11-31(26,3)30(28)38-22(2)35/h5,23-30,36H,1,6-21H2,2-4H3/q+1. The zero-order valence-electron chi connectivity index (χ0n) is 24.3. The van der Waals surface area contributed by atoms with E-state index in [9.17, 15) is 9.90 Å². The van der Waals surface area contributed by atoms with Gasteiger partial charge in [0.2, 0.25) is 0 Å². The molecular formula is C32H53N2O4+. The molecular weight excluding hydrogens is 476 g/mol. The van der Waals surface area contributed by atoms with E-state index in [1.165, 1.54) is 51.6 Å². The van der Waals surface area contributed by atoms with Gasteiger partial charge in [-0.3, -0.25) is 9.69 Å². The van der Waals surface area contributed by atoms with Gasteiger partial charge in [0.1, 0.15) is 6.04 Å². The lowest BCUT2D eigenvalue weighted by Gasteiger charge is -2.62. The van der Waals surface area contributed by atoms with Crippen LogP contribution in [-0.2, 0) is 14.3 Å². The summed E-state index contributed by atoms with van der Waals surface area (Å²) in [7, 11) is 0. The van der Waals surface area contributed by atoms with Crippen molar-refractivity contribution in [3.05, 3.63) is 12.7 Å². The van der Waals surface area contributed by atoms with Gasteiger partial charge in [-0.1, -0.05) is 20.4 Å². The van der Waals surface area contributed by atoms with Crippen molar-refractivity contribution >= 4 is 5.97 Å². The summed E-state index contributed by atoms with van der Waals surface area (Å²) in [5, 5.41) is 11.3. The number of likely N-dealkylation sites (tertiary alicyclic amines) is 1. The monoisotopic (exact) mass is 529 g/mol. The number of aliphatic hydroxyl groups is 1. The first-order valence-corrected chi connectivity index (χ1v) is 15.9. The van der Waals surface area contributed by atoms with Gasteiger partial charge in [-0.05, 0) is 73.7 Å². The van der Waals surface area contributed by atoms with E-state index in [-0.39, 0.29) is 35.0 Å². The number of quaternary nitrogens is 1. The van der Waals surface area contributed by atoms with Crippen LogP contribution in [0.15, 0.2) is 12.7 Å². The van der Waals surface area contributed by atoms with E-state index < -0.39 is 0 Å². The lowest BCUT2D eigenvalue weighted by atomic mass is 9.44. The fraction of sp³-hybridized carbons (Fsp3) is 0.906. The first-order chi connectivity index (χ1) is 18.2. The molecule has 0 spiro atoms. The highest BCUT2D eigenvalue weighted by atomic mass is 16.5. The predicted molar refractivity (Wildman–Crippen MR) is 148 cm³/mol. The third-order valence-electron chi connectivity index (χ3n) is 13.1. The van der Waals surface area contributed by atoms with Crippen LogP contribution in [0.4, 0.5) is 0 Å². The van der Waals surface area contributed by atoms with Crippen LogP contribution < -0.4 is 0 Å². The summed E-state index contributed by atoms with van der Waals surface area (Å²) in [6.45, 7) is 17.7. The molecule has 4 aliphatic carbocycles. The summed E-state index contributed by atoms with van der Waals surface area (Å²) in [6, 6.07) is 0.663. The SMILES string of the molecule is C=CC[N+]1(C2CC3C4CCC5CC(O)C(N6CCOCC6)CC5(C)C4CCC3(C)C2OC(C)=O)CCCC1. The lowest BCUT2D eigenvalue weighted by Crippen LogP contribution is -2.61. The minimum Gasteiger partial charge on any atom is -0.456 e. The van der Waals surface area contributed by atoms with Gasteiger partial charge in [0.15, 0.2) is 6.10 Å². The molecule has 6 rings (SSSR count). The second-order valence-corrected chi connectivity index (χ2v) is 14.6. The molecule has 6 nitrogen and oxygen atoms in total. The average molecular weight is 530 g/mol. The van der Waals surface area contributed by atoms with E-state index in [0.29, 0.717) is 29.7 Å². The Labute approximate surface area is 230 Å². The molecule has 0 amide bonds. The van der Waals surface area contributed by atoms with Gasteiger partial charge in [0.25, 0.3) is 0 Å². The van der Waals surface area contributed by atoms with E-state index in [2.05, 4.69) is 31.4 Å². The van der Waals surface area contributed by atoms with Crippen LogP contribution in [0.1, 0.15) is 78.6 Å². The van der Waals surface area contributed by atoms with Crippen LogP contribution in [0.2, 0.25) is 0 Å². The average Bonchev–Trinajstić information content (AvgIpc) is 3.48.